The van der Waals surface area contributed by atoms with Crippen LogP contribution in [0, 0.1) is 6.92 Å². The predicted octanol–water partition coefficient (Wildman–Crippen LogP) is 2.98. The maximum Gasteiger partial charge on any atom is 0.263 e. The first-order chi connectivity index (χ1) is 14.8. The van der Waals surface area contributed by atoms with Gasteiger partial charge in [-0.05, 0) is 25.1 Å². The molecule has 160 valence electrons. The summed E-state index contributed by atoms with van der Waals surface area (Å²) in [6, 6.07) is 11.6. The van der Waals surface area contributed by atoms with Crippen LogP contribution in [0.5, 0.6) is 5.75 Å². The Kier molecular flexibility index (Phi) is 5.46. The van der Waals surface area contributed by atoms with Crippen molar-refractivity contribution in [3.63, 3.8) is 0 Å². The van der Waals surface area contributed by atoms with Crippen LogP contribution in [0.2, 0.25) is 0 Å². The summed E-state index contributed by atoms with van der Waals surface area (Å²) in [5.74, 6) is -0.588. The Morgan fingerprint density at radius 3 is 2.35 bits per heavy atom. The van der Waals surface area contributed by atoms with Gasteiger partial charge in [-0.1, -0.05) is 41.2 Å². The topological polar surface area (TPSA) is 119 Å². The zero-order chi connectivity index (χ0) is 22.2. The van der Waals surface area contributed by atoms with Crippen molar-refractivity contribution in [2.45, 2.75) is 24.7 Å². The van der Waals surface area contributed by atoms with Gasteiger partial charge in [-0.3, -0.25) is 14.3 Å². The molecule has 4 rings (SSSR count). The first kappa shape index (κ1) is 20.9. The Morgan fingerprint density at radius 2 is 1.71 bits per heavy atom. The monoisotopic (exact) mass is 458 g/mol. The molecule has 2 heterocycles. The van der Waals surface area contributed by atoms with E-state index in [0.29, 0.717) is 5.01 Å². The molecule has 0 aliphatic carbocycles. The van der Waals surface area contributed by atoms with Crippen LogP contribution in [-0.2, 0) is 19.6 Å². The summed E-state index contributed by atoms with van der Waals surface area (Å²) >= 11 is 1.10. The average molecular weight is 459 g/mol. The lowest BCUT2D eigenvalue weighted by Crippen LogP contribution is -2.29. The molecule has 0 unspecified atom stereocenters. The molecule has 1 aromatic heterocycles. The number of benzene rings is 2. The Labute approximate surface area is 182 Å². The number of carbonyl (C=O) groups is 2. The average Bonchev–Trinajstić information content (AvgIpc) is 3.33. The van der Waals surface area contributed by atoms with Crippen molar-refractivity contribution in [1.29, 1.82) is 0 Å². The molecule has 0 atom stereocenters. The number of aryl methyl sites for hydroxylation is 1. The first-order valence-corrected chi connectivity index (χ1v) is 11.6. The number of imide groups is 1. The molecular formula is C20H18N4O5S2. The number of nitrogens with zero attached hydrogens (tertiary/aromatic N) is 3. The quantitative estimate of drug-likeness (QED) is 0.564. The molecule has 0 bridgehead atoms. The van der Waals surface area contributed by atoms with Crippen LogP contribution >= 0.6 is 11.3 Å². The van der Waals surface area contributed by atoms with Gasteiger partial charge < -0.3 is 4.74 Å². The normalized spacial score (nSPS) is 14.2. The van der Waals surface area contributed by atoms with Gasteiger partial charge in [0.05, 0.1) is 17.7 Å². The van der Waals surface area contributed by atoms with Gasteiger partial charge in [0, 0.05) is 18.4 Å². The number of methoxy groups -OCH3 is 1. The highest BCUT2D eigenvalue weighted by molar-refractivity contribution is 7.93. The largest absolute Gasteiger partial charge is 0.495 e. The molecule has 0 saturated carbocycles. The van der Waals surface area contributed by atoms with E-state index in [1.165, 1.54) is 25.3 Å². The summed E-state index contributed by atoms with van der Waals surface area (Å²) in [4.78, 5) is 25.1. The van der Waals surface area contributed by atoms with E-state index in [4.69, 9.17) is 4.74 Å². The van der Waals surface area contributed by atoms with Crippen LogP contribution in [0.4, 0.5) is 10.8 Å². The minimum absolute atomic E-state index is 0.0732. The molecule has 2 aromatic carbocycles. The second-order valence-corrected chi connectivity index (χ2v) is 9.50. The molecule has 1 N–H and O–H groups in total. The van der Waals surface area contributed by atoms with Gasteiger partial charge in [-0.25, -0.2) is 13.3 Å². The highest BCUT2D eigenvalue weighted by Crippen LogP contribution is 2.35. The van der Waals surface area contributed by atoms with Gasteiger partial charge in [0.25, 0.3) is 10.0 Å². The predicted molar refractivity (Wildman–Crippen MR) is 116 cm³/mol. The molecule has 1 fully saturated rings. The van der Waals surface area contributed by atoms with E-state index in [2.05, 4.69) is 14.9 Å². The smallest absolute Gasteiger partial charge is 0.263 e. The number of anilines is 2. The highest BCUT2D eigenvalue weighted by atomic mass is 32.2. The van der Waals surface area contributed by atoms with Crippen molar-refractivity contribution in [1.82, 2.24) is 10.2 Å². The van der Waals surface area contributed by atoms with Crippen LogP contribution in [0.3, 0.4) is 0 Å². The van der Waals surface area contributed by atoms with Crippen molar-refractivity contribution in [2.75, 3.05) is 16.7 Å². The third-order valence-corrected chi connectivity index (χ3v) is 7.05. The summed E-state index contributed by atoms with van der Waals surface area (Å²) in [6.45, 7) is 1.97. The van der Waals surface area contributed by atoms with Crippen LogP contribution in [-0.4, -0.2) is 37.5 Å². The number of ether oxygens (including phenoxy) is 1. The summed E-state index contributed by atoms with van der Waals surface area (Å²) in [5.41, 5.74) is 2.02. The Hall–Kier alpha value is -3.31. The van der Waals surface area contributed by atoms with Gasteiger partial charge in [0.15, 0.2) is 0 Å². The van der Waals surface area contributed by atoms with E-state index < -0.39 is 21.8 Å². The summed E-state index contributed by atoms with van der Waals surface area (Å²) in [5, 5.41) is 8.63. The van der Waals surface area contributed by atoms with Gasteiger partial charge in [-0.15, -0.1) is 10.2 Å². The molecule has 1 saturated heterocycles. The number of carbonyl (C=O) groups excluding carboxylic acids is 2. The van der Waals surface area contributed by atoms with E-state index in [9.17, 15) is 18.0 Å². The molecule has 9 nitrogen and oxygen atoms in total. The maximum absolute atomic E-state index is 12.9. The first-order valence-electron chi connectivity index (χ1n) is 9.25. The van der Waals surface area contributed by atoms with E-state index in [1.807, 2.05) is 31.2 Å². The fourth-order valence-corrected chi connectivity index (χ4v) is 5.11. The number of nitrogens with one attached hydrogen (secondary N) is 1. The molecule has 31 heavy (non-hydrogen) atoms. The van der Waals surface area contributed by atoms with Gasteiger partial charge in [-0.2, -0.15) is 0 Å². The number of amides is 2. The Morgan fingerprint density at radius 1 is 1.03 bits per heavy atom. The van der Waals surface area contributed by atoms with Crippen molar-refractivity contribution in [3.05, 3.63) is 48.0 Å². The molecule has 2 amide bonds. The van der Waals surface area contributed by atoms with Crippen LogP contribution < -0.4 is 14.4 Å². The maximum atomic E-state index is 12.9. The third kappa shape index (κ3) is 4.14. The fraction of sp³-hybridized carbons (Fsp3) is 0.200. The zero-order valence-electron chi connectivity index (χ0n) is 16.7. The lowest BCUT2D eigenvalue weighted by atomic mass is 10.2. The van der Waals surface area contributed by atoms with Gasteiger partial charge in [0.2, 0.25) is 16.9 Å². The molecule has 1 aliphatic rings. The van der Waals surface area contributed by atoms with Crippen LogP contribution in [0.1, 0.15) is 18.4 Å². The van der Waals surface area contributed by atoms with Crippen molar-refractivity contribution >= 4 is 44.0 Å². The number of rotatable bonds is 6. The highest BCUT2D eigenvalue weighted by Gasteiger charge is 2.33. The molecular weight excluding hydrogens is 440 g/mol. The van der Waals surface area contributed by atoms with Crippen molar-refractivity contribution < 1.29 is 22.7 Å². The number of hydrogen-bond acceptors (Lipinski definition) is 8. The lowest BCUT2D eigenvalue weighted by Gasteiger charge is -2.18. The zero-order valence-corrected chi connectivity index (χ0v) is 18.3. The molecule has 11 heteroatoms. The Balaban J connectivity index is 1.63. The van der Waals surface area contributed by atoms with E-state index in [-0.39, 0.29) is 34.3 Å². The van der Waals surface area contributed by atoms with Crippen molar-refractivity contribution in [3.8, 4) is 16.3 Å². The van der Waals surface area contributed by atoms with E-state index in [1.54, 1.807) is 0 Å². The number of aromatic nitrogens is 2. The van der Waals surface area contributed by atoms with Gasteiger partial charge in [0.1, 0.15) is 10.8 Å². The molecule has 1 aliphatic heterocycles. The van der Waals surface area contributed by atoms with Crippen molar-refractivity contribution in [2.24, 2.45) is 0 Å². The Bertz CT molecular complexity index is 1250. The summed E-state index contributed by atoms with van der Waals surface area (Å²) in [6.07, 6.45) is 0.146. The summed E-state index contributed by atoms with van der Waals surface area (Å²) < 4.78 is 33.5. The van der Waals surface area contributed by atoms with Crippen LogP contribution in [0.15, 0.2) is 47.4 Å². The molecule has 3 aromatic rings. The minimum atomic E-state index is -4.05. The lowest BCUT2D eigenvalue weighted by molar-refractivity contribution is -0.121. The SMILES string of the molecule is COc1ccc(S(=O)(=O)Nc2nnc(-c3ccc(C)cc3)s2)cc1N1C(=O)CCC1=O. The number of hydrogen-bond donors (Lipinski definition) is 1. The second kappa shape index (κ2) is 8.08. The second-order valence-electron chi connectivity index (χ2n) is 6.84. The minimum Gasteiger partial charge on any atom is -0.495 e. The molecule has 0 radical (unpaired) electrons. The van der Waals surface area contributed by atoms with E-state index >= 15 is 0 Å². The third-order valence-electron chi connectivity index (χ3n) is 4.70. The van der Waals surface area contributed by atoms with Gasteiger partial charge >= 0.3 is 0 Å². The number of sulfonamides is 1. The van der Waals surface area contributed by atoms with E-state index in [0.717, 1.165) is 27.4 Å². The summed E-state index contributed by atoms with van der Waals surface area (Å²) in [7, 11) is -2.67. The fourth-order valence-electron chi connectivity index (χ4n) is 3.11. The van der Waals surface area contributed by atoms with Crippen LogP contribution in [0.25, 0.3) is 10.6 Å². The molecule has 0 spiro atoms. The standard InChI is InChI=1S/C20H18N4O5S2/c1-12-3-5-13(6-4-12)19-21-22-20(30-19)23-31(27,28)14-7-8-16(29-2)15(11-14)24-17(25)9-10-18(24)26/h3-8,11H,9-10H2,1-2H3,(H,22,23).